The molecule has 0 aliphatic carbocycles. The fourth-order valence-electron chi connectivity index (χ4n) is 3.49. The van der Waals surface area contributed by atoms with Crippen molar-refractivity contribution in [3.05, 3.63) is 35.4 Å². The van der Waals surface area contributed by atoms with Crippen molar-refractivity contribution < 1.29 is 33.3 Å². The summed E-state index contributed by atoms with van der Waals surface area (Å²) in [5, 5.41) is 3.12. The summed E-state index contributed by atoms with van der Waals surface area (Å²) >= 11 is 0. The molecule has 1 unspecified atom stereocenters. The molecule has 1 aromatic rings. The van der Waals surface area contributed by atoms with Crippen LogP contribution in [0.25, 0.3) is 0 Å². The summed E-state index contributed by atoms with van der Waals surface area (Å²) in [7, 11) is 0. The van der Waals surface area contributed by atoms with Crippen molar-refractivity contribution in [2.75, 3.05) is 32.7 Å². The fraction of sp³-hybridized carbons (Fsp3) is 0.682. The molecule has 0 saturated carbocycles. The minimum atomic E-state index is -0.0872. The first-order valence-corrected chi connectivity index (χ1v) is 10.1. The lowest BCUT2D eigenvalue weighted by Crippen LogP contribution is -3.00. The molecule has 0 aliphatic rings. The number of benzene rings is 1. The van der Waals surface area contributed by atoms with Gasteiger partial charge in [0.15, 0.2) is 0 Å². The summed E-state index contributed by atoms with van der Waals surface area (Å²) in [5.41, 5.74) is 2.45. The van der Waals surface area contributed by atoms with Crippen molar-refractivity contribution >= 4 is 5.91 Å². The second kappa shape index (κ2) is 12.7. The normalized spacial score (nSPS) is 12.6. The van der Waals surface area contributed by atoms with Gasteiger partial charge in [-0.1, -0.05) is 38.1 Å². The monoisotopic (exact) mass is 474 g/mol. The molecule has 26 heavy (non-hydrogen) atoms. The van der Waals surface area contributed by atoms with Crippen molar-refractivity contribution in [2.45, 2.75) is 60.3 Å². The maximum absolute atomic E-state index is 12.4. The smallest absolute Gasteiger partial charge is 0.227 e. The second-order valence-corrected chi connectivity index (χ2v) is 7.72. The van der Waals surface area contributed by atoms with Crippen LogP contribution in [0.4, 0.5) is 0 Å². The van der Waals surface area contributed by atoms with Gasteiger partial charge in [-0.3, -0.25) is 4.79 Å². The minimum Gasteiger partial charge on any atom is -1.00 e. The number of hydrogen-bond acceptors (Lipinski definition) is 1. The van der Waals surface area contributed by atoms with Gasteiger partial charge in [-0.25, -0.2) is 0 Å². The van der Waals surface area contributed by atoms with Gasteiger partial charge < -0.3 is 33.8 Å². The zero-order valence-corrected chi connectivity index (χ0v) is 19.8. The quantitative estimate of drug-likeness (QED) is 0.293. The van der Waals surface area contributed by atoms with E-state index in [2.05, 4.69) is 64.2 Å². The number of amides is 1. The van der Waals surface area contributed by atoms with Crippen LogP contribution in [0.3, 0.4) is 0 Å². The standard InChI is InChI=1S/C22H38N2O.HI/c1-7-24(8-2,9-3)16-10-15-23-22(25)19(6)21-13-11-20(12-14-21)17-18(4)5;/h11-14,18-19H,7-10,15-17H2,1-6H3;1H. The predicted molar refractivity (Wildman–Crippen MR) is 108 cm³/mol. The van der Waals surface area contributed by atoms with Crippen molar-refractivity contribution in [3.8, 4) is 0 Å². The van der Waals surface area contributed by atoms with Gasteiger partial charge in [0, 0.05) is 13.0 Å². The van der Waals surface area contributed by atoms with Crippen molar-refractivity contribution in [3.63, 3.8) is 0 Å². The topological polar surface area (TPSA) is 29.1 Å². The molecule has 0 aromatic heterocycles. The van der Waals surface area contributed by atoms with Crippen LogP contribution in [0.15, 0.2) is 24.3 Å². The number of carbonyl (C=O) groups is 1. The van der Waals surface area contributed by atoms with Gasteiger partial charge in [-0.05, 0) is 51.2 Å². The summed E-state index contributed by atoms with van der Waals surface area (Å²) in [5.74, 6) is 0.710. The Morgan fingerprint density at radius 3 is 2.00 bits per heavy atom. The highest BCUT2D eigenvalue weighted by atomic mass is 127. The SMILES string of the molecule is CC[N+](CC)(CC)CCCNC(=O)C(C)c1ccc(CC(C)C)cc1.[I-]. The molecular formula is C22H39IN2O. The average Bonchev–Trinajstić information content (AvgIpc) is 2.62. The highest BCUT2D eigenvalue weighted by molar-refractivity contribution is 5.83. The Morgan fingerprint density at radius 1 is 1.00 bits per heavy atom. The Hall–Kier alpha value is -0.620. The first-order valence-electron chi connectivity index (χ1n) is 10.1. The van der Waals surface area contributed by atoms with E-state index in [1.165, 1.54) is 25.2 Å². The molecule has 1 rings (SSSR count). The molecule has 150 valence electrons. The molecule has 3 nitrogen and oxygen atoms in total. The lowest BCUT2D eigenvalue weighted by molar-refractivity contribution is -0.923. The van der Waals surface area contributed by atoms with Crippen molar-refractivity contribution in [2.24, 2.45) is 5.92 Å². The van der Waals surface area contributed by atoms with Gasteiger partial charge >= 0.3 is 0 Å². The van der Waals surface area contributed by atoms with E-state index < -0.39 is 0 Å². The highest BCUT2D eigenvalue weighted by Crippen LogP contribution is 2.17. The lowest BCUT2D eigenvalue weighted by Gasteiger charge is -2.35. The van der Waals surface area contributed by atoms with Crippen molar-refractivity contribution in [1.29, 1.82) is 0 Å². The van der Waals surface area contributed by atoms with E-state index in [0.29, 0.717) is 5.92 Å². The van der Waals surface area contributed by atoms with Gasteiger partial charge in [0.05, 0.1) is 32.1 Å². The number of rotatable bonds is 11. The number of hydrogen-bond donors (Lipinski definition) is 1. The largest absolute Gasteiger partial charge is 1.00 e. The van der Waals surface area contributed by atoms with E-state index in [9.17, 15) is 4.79 Å². The van der Waals surface area contributed by atoms with Crippen LogP contribution < -0.4 is 29.3 Å². The van der Waals surface area contributed by atoms with E-state index in [4.69, 9.17) is 0 Å². The van der Waals surface area contributed by atoms with E-state index >= 15 is 0 Å². The van der Waals surface area contributed by atoms with E-state index in [-0.39, 0.29) is 35.8 Å². The predicted octanol–water partition coefficient (Wildman–Crippen LogP) is 1.38. The van der Waals surface area contributed by atoms with Gasteiger partial charge in [0.25, 0.3) is 0 Å². The zero-order chi connectivity index (χ0) is 18.9. The molecule has 0 fully saturated rings. The first kappa shape index (κ1) is 25.4. The highest BCUT2D eigenvalue weighted by Gasteiger charge is 2.20. The Balaban J connectivity index is 0.00000625. The van der Waals surface area contributed by atoms with E-state index in [0.717, 1.165) is 36.0 Å². The summed E-state index contributed by atoms with van der Waals surface area (Å²) < 4.78 is 1.14. The number of carbonyl (C=O) groups excluding carboxylic acids is 1. The summed E-state index contributed by atoms with van der Waals surface area (Å²) in [6, 6.07) is 8.54. The Kier molecular flexibility index (Phi) is 12.4. The Morgan fingerprint density at radius 2 is 1.54 bits per heavy atom. The fourth-order valence-corrected chi connectivity index (χ4v) is 3.49. The third-order valence-corrected chi connectivity index (χ3v) is 5.64. The van der Waals surface area contributed by atoms with Gasteiger partial charge in [0.2, 0.25) is 5.91 Å². The van der Waals surface area contributed by atoms with Gasteiger partial charge in [0.1, 0.15) is 0 Å². The molecule has 0 bridgehead atoms. The number of nitrogens with one attached hydrogen (secondary N) is 1. The van der Waals surface area contributed by atoms with Gasteiger partial charge in [-0.2, -0.15) is 0 Å². The van der Waals surface area contributed by atoms with Gasteiger partial charge in [-0.15, -0.1) is 0 Å². The molecule has 4 heteroatoms. The summed E-state index contributed by atoms with van der Waals surface area (Å²) in [4.78, 5) is 12.4. The molecule has 0 saturated heterocycles. The number of nitrogens with zero attached hydrogens (tertiary/aromatic N) is 1. The van der Waals surface area contributed by atoms with Crippen LogP contribution in [0.2, 0.25) is 0 Å². The van der Waals surface area contributed by atoms with Crippen LogP contribution >= 0.6 is 0 Å². The zero-order valence-electron chi connectivity index (χ0n) is 17.6. The molecule has 1 atom stereocenters. The molecule has 0 heterocycles. The van der Waals surface area contributed by atoms with Crippen LogP contribution in [0.5, 0.6) is 0 Å². The summed E-state index contributed by atoms with van der Waals surface area (Å²) in [6.45, 7) is 18.7. The molecule has 1 N–H and O–H groups in total. The maximum atomic E-state index is 12.4. The molecule has 1 aromatic carbocycles. The van der Waals surface area contributed by atoms with Crippen LogP contribution in [0, 0.1) is 5.92 Å². The molecule has 1 amide bonds. The average molecular weight is 474 g/mol. The molecule has 0 aliphatic heterocycles. The molecular weight excluding hydrogens is 435 g/mol. The van der Waals surface area contributed by atoms with Crippen LogP contribution in [-0.2, 0) is 11.2 Å². The van der Waals surface area contributed by atoms with E-state index in [1.54, 1.807) is 0 Å². The number of quaternary nitrogens is 1. The van der Waals surface area contributed by atoms with Crippen molar-refractivity contribution in [1.82, 2.24) is 5.32 Å². The maximum Gasteiger partial charge on any atom is 0.227 e. The Bertz CT molecular complexity index is 501. The minimum absolute atomic E-state index is 0. The van der Waals surface area contributed by atoms with Crippen LogP contribution in [-0.4, -0.2) is 43.1 Å². The molecule has 0 radical (unpaired) electrons. The Labute approximate surface area is 178 Å². The number of halogens is 1. The third kappa shape index (κ3) is 7.95. The van der Waals surface area contributed by atoms with Crippen LogP contribution in [0.1, 0.15) is 65.0 Å². The summed E-state index contributed by atoms with van der Waals surface area (Å²) in [6.07, 6.45) is 2.13. The first-order chi connectivity index (χ1) is 11.9. The third-order valence-electron chi connectivity index (χ3n) is 5.64. The lowest BCUT2D eigenvalue weighted by atomic mass is 9.96. The molecule has 0 spiro atoms. The second-order valence-electron chi connectivity index (χ2n) is 7.72. The van der Waals surface area contributed by atoms with E-state index in [1.807, 2.05) is 6.92 Å².